The van der Waals surface area contributed by atoms with Gasteiger partial charge < -0.3 is 30.1 Å². The smallest absolute Gasteiger partial charge is 0.246 e. The van der Waals surface area contributed by atoms with E-state index in [-0.39, 0.29) is 30.4 Å². The van der Waals surface area contributed by atoms with Crippen molar-refractivity contribution in [1.29, 1.82) is 0 Å². The van der Waals surface area contributed by atoms with Gasteiger partial charge in [0.2, 0.25) is 17.7 Å². The molecule has 1 aliphatic carbocycles. The summed E-state index contributed by atoms with van der Waals surface area (Å²) < 4.78 is 12.3. The summed E-state index contributed by atoms with van der Waals surface area (Å²) >= 11 is 0. The number of carbonyl (C=O) groups excluding carboxylic acids is 3. The Kier molecular flexibility index (Phi) is 8.19. The first-order valence-corrected chi connectivity index (χ1v) is 14.8. The van der Waals surface area contributed by atoms with Crippen LogP contribution in [-0.4, -0.2) is 70.8 Å². The summed E-state index contributed by atoms with van der Waals surface area (Å²) in [5.41, 5.74) is -1.18. The van der Waals surface area contributed by atoms with Crippen LogP contribution in [0.5, 0.6) is 5.75 Å². The van der Waals surface area contributed by atoms with Crippen molar-refractivity contribution in [2.24, 2.45) is 11.8 Å². The fourth-order valence-corrected chi connectivity index (χ4v) is 7.60. The predicted molar refractivity (Wildman–Crippen MR) is 146 cm³/mol. The first kappa shape index (κ1) is 27.9. The third-order valence-corrected chi connectivity index (χ3v) is 9.40. The van der Waals surface area contributed by atoms with Gasteiger partial charge in [-0.1, -0.05) is 26.2 Å². The number of anilines is 1. The van der Waals surface area contributed by atoms with Gasteiger partial charge >= 0.3 is 0 Å². The molecule has 214 valence electrons. The van der Waals surface area contributed by atoms with E-state index in [2.05, 4.69) is 10.6 Å². The fraction of sp³-hybridized carbons (Fsp3) is 0.700. The van der Waals surface area contributed by atoms with Crippen molar-refractivity contribution in [3.05, 3.63) is 24.3 Å². The Labute approximate surface area is 231 Å². The third kappa shape index (κ3) is 4.92. The highest BCUT2D eigenvalue weighted by atomic mass is 16.5. The summed E-state index contributed by atoms with van der Waals surface area (Å²) in [6.45, 7) is 4.85. The monoisotopic (exact) mass is 541 g/mol. The number of unbranched alkanes of at least 4 members (excludes halogenated alkanes) is 1. The van der Waals surface area contributed by atoms with Gasteiger partial charge in [0.05, 0.1) is 24.0 Å². The van der Waals surface area contributed by atoms with Crippen LogP contribution in [0.3, 0.4) is 0 Å². The first-order valence-electron chi connectivity index (χ1n) is 14.8. The van der Waals surface area contributed by atoms with E-state index in [0.29, 0.717) is 50.9 Å². The maximum absolute atomic E-state index is 14.1. The second-order valence-electron chi connectivity index (χ2n) is 11.6. The fourth-order valence-electron chi connectivity index (χ4n) is 7.60. The summed E-state index contributed by atoms with van der Waals surface area (Å²) in [4.78, 5) is 43.6. The van der Waals surface area contributed by atoms with Crippen LogP contribution in [-0.2, 0) is 19.1 Å². The van der Waals surface area contributed by atoms with Crippen LogP contribution in [0.4, 0.5) is 5.69 Å². The molecule has 3 saturated heterocycles. The van der Waals surface area contributed by atoms with Crippen molar-refractivity contribution in [3.63, 3.8) is 0 Å². The van der Waals surface area contributed by atoms with E-state index in [1.807, 2.05) is 26.0 Å². The minimum atomic E-state index is -1.02. The summed E-state index contributed by atoms with van der Waals surface area (Å²) in [5.74, 6) is -1.28. The average Bonchev–Trinajstić information content (AvgIpc) is 3.54. The molecule has 2 unspecified atom stereocenters. The lowest BCUT2D eigenvalue weighted by atomic mass is 9.65. The normalized spacial score (nSPS) is 31.8. The van der Waals surface area contributed by atoms with Gasteiger partial charge in [-0.25, -0.2) is 0 Å². The molecule has 9 heteroatoms. The molecule has 3 aliphatic heterocycles. The number of nitrogens with zero attached hydrogens (tertiary/aromatic N) is 1. The van der Waals surface area contributed by atoms with Crippen LogP contribution in [0, 0.1) is 11.8 Å². The van der Waals surface area contributed by atoms with Gasteiger partial charge in [0.1, 0.15) is 17.4 Å². The Hall–Kier alpha value is -2.65. The molecular weight excluding hydrogens is 498 g/mol. The number of hydrogen-bond donors (Lipinski definition) is 3. The van der Waals surface area contributed by atoms with Crippen LogP contribution in [0.1, 0.15) is 78.1 Å². The molecule has 5 atom stereocenters. The van der Waals surface area contributed by atoms with Crippen molar-refractivity contribution in [1.82, 2.24) is 10.2 Å². The third-order valence-electron chi connectivity index (χ3n) is 9.40. The van der Waals surface area contributed by atoms with Crippen LogP contribution >= 0.6 is 0 Å². The predicted octanol–water partition coefficient (Wildman–Crippen LogP) is 3.40. The zero-order valence-corrected chi connectivity index (χ0v) is 23.2. The molecule has 0 radical (unpaired) electrons. The first-order chi connectivity index (χ1) is 18.9. The van der Waals surface area contributed by atoms with E-state index in [1.165, 1.54) is 6.42 Å². The highest BCUT2D eigenvalue weighted by molar-refractivity contribution is 6.02. The van der Waals surface area contributed by atoms with Crippen LogP contribution < -0.4 is 15.4 Å². The molecule has 3 N–H and O–H groups in total. The molecule has 2 bridgehead atoms. The number of ether oxygens (including phenoxy) is 2. The second-order valence-corrected chi connectivity index (χ2v) is 11.6. The van der Waals surface area contributed by atoms with Crippen molar-refractivity contribution >= 4 is 23.4 Å². The quantitative estimate of drug-likeness (QED) is 0.370. The van der Waals surface area contributed by atoms with Gasteiger partial charge in [-0.3, -0.25) is 14.4 Å². The van der Waals surface area contributed by atoms with E-state index >= 15 is 0 Å². The highest BCUT2D eigenvalue weighted by Gasteiger charge is 2.78. The Morgan fingerprint density at radius 2 is 1.82 bits per heavy atom. The topological polar surface area (TPSA) is 117 Å². The van der Waals surface area contributed by atoms with Crippen molar-refractivity contribution in [2.45, 2.75) is 101 Å². The summed E-state index contributed by atoms with van der Waals surface area (Å²) in [6, 6.07) is 6.54. The standard InChI is InChI=1S/C30H43N3O6/c1-3-29-16-17-30(39-29)24(23(29)26(35)31-21-12-14-22(15-13-21)38-4-2)28(37)33(18-8-9-19-34)25(30)27(36)32-20-10-6-5-7-11-20/h12-15,20,23-25,34H,3-11,16-19H2,1-2H3,(H,31,35)(H,32,36)/t23-,24-,25?,29+,30?/m0/s1. The minimum absolute atomic E-state index is 0.0259. The molecular formula is C30H43N3O6. The highest BCUT2D eigenvalue weighted by Crippen LogP contribution is 2.64. The zero-order valence-electron chi connectivity index (χ0n) is 23.2. The van der Waals surface area contributed by atoms with E-state index < -0.39 is 29.1 Å². The van der Waals surface area contributed by atoms with Gasteiger partial charge in [0.15, 0.2) is 0 Å². The number of benzene rings is 1. The van der Waals surface area contributed by atoms with Gasteiger partial charge in [0.25, 0.3) is 0 Å². The van der Waals surface area contributed by atoms with Crippen molar-refractivity contribution in [2.75, 3.05) is 25.1 Å². The van der Waals surface area contributed by atoms with E-state index in [4.69, 9.17) is 9.47 Å². The summed E-state index contributed by atoms with van der Waals surface area (Å²) in [6.07, 6.45) is 8.16. The molecule has 1 spiro atoms. The van der Waals surface area contributed by atoms with Crippen molar-refractivity contribution in [3.8, 4) is 5.75 Å². The van der Waals surface area contributed by atoms with Gasteiger partial charge in [-0.05, 0) is 76.1 Å². The summed E-state index contributed by atoms with van der Waals surface area (Å²) in [7, 11) is 0. The molecule has 0 aromatic heterocycles. The van der Waals surface area contributed by atoms with E-state index in [1.54, 1.807) is 17.0 Å². The average molecular weight is 542 g/mol. The molecule has 1 aromatic carbocycles. The number of aliphatic hydroxyl groups excluding tert-OH is 1. The SMILES string of the molecule is CCOc1ccc(NC(=O)[C@@H]2[C@H]3C(=O)N(CCCCO)C(C(=O)NC4CCCCC4)C34CC[C@@]2(CC)O4)cc1. The van der Waals surface area contributed by atoms with Crippen molar-refractivity contribution < 1.29 is 29.0 Å². The number of carbonyl (C=O) groups is 3. The number of hydrogen-bond acceptors (Lipinski definition) is 6. The number of aliphatic hydroxyl groups is 1. The lowest BCUT2D eigenvalue weighted by Gasteiger charge is -2.35. The van der Waals surface area contributed by atoms with Crippen LogP contribution in [0.25, 0.3) is 0 Å². The largest absolute Gasteiger partial charge is 0.494 e. The Morgan fingerprint density at radius 1 is 1.08 bits per heavy atom. The molecule has 1 saturated carbocycles. The van der Waals surface area contributed by atoms with Gasteiger partial charge in [0, 0.05) is 24.9 Å². The van der Waals surface area contributed by atoms with Crippen LogP contribution in [0.2, 0.25) is 0 Å². The molecule has 3 amide bonds. The molecule has 9 nitrogen and oxygen atoms in total. The summed E-state index contributed by atoms with van der Waals surface area (Å²) in [5, 5.41) is 15.6. The Balaban J connectivity index is 1.44. The van der Waals surface area contributed by atoms with E-state index in [9.17, 15) is 19.5 Å². The molecule has 1 aromatic rings. The molecule has 5 rings (SSSR count). The van der Waals surface area contributed by atoms with E-state index in [0.717, 1.165) is 31.4 Å². The molecule has 39 heavy (non-hydrogen) atoms. The maximum Gasteiger partial charge on any atom is 0.246 e. The molecule has 4 aliphatic rings. The number of amides is 3. The number of nitrogens with one attached hydrogen (secondary N) is 2. The zero-order chi connectivity index (χ0) is 27.6. The molecule has 4 fully saturated rings. The Bertz CT molecular complexity index is 1060. The lowest BCUT2D eigenvalue weighted by molar-refractivity contribution is -0.147. The molecule has 3 heterocycles. The Morgan fingerprint density at radius 3 is 2.49 bits per heavy atom. The maximum atomic E-state index is 14.1. The number of likely N-dealkylation sites (tertiary alicyclic amines) is 1. The number of fused-ring (bicyclic) bond motifs is 1. The second kappa shape index (κ2) is 11.5. The number of rotatable bonds is 11. The van der Waals surface area contributed by atoms with Gasteiger partial charge in [-0.2, -0.15) is 0 Å². The minimum Gasteiger partial charge on any atom is -0.494 e. The lowest BCUT2D eigenvalue weighted by Crippen LogP contribution is -2.57. The van der Waals surface area contributed by atoms with Crippen LogP contribution in [0.15, 0.2) is 24.3 Å². The van der Waals surface area contributed by atoms with Gasteiger partial charge in [-0.15, -0.1) is 0 Å².